The van der Waals surface area contributed by atoms with Crippen LogP contribution in [0.5, 0.6) is 0 Å². The molecular formula is C58H34S2. The van der Waals surface area contributed by atoms with Crippen molar-refractivity contribution in [3.8, 4) is 44.5 Å². The largest absolute Gasteiger partial charge is 0.135 e. The summed E-state index contributed by atoms with van der Waals surface area (Å²) in [7, 11) is 0. The van der Waals surface area contributed by atoms with E-state index in [9.17, 15) is 0 Å². The first-order valence-corrected chi connectivity index (χ1v) is 22.2. The summed E-state index contributed by atoms with van der Waals surface area (Å²) in [5.74, 6) is 0. The molecule has 0 radical (unpaired) electrons. The summed E-state index contributed by atoms with van der Waals surface area (Å²) < 4.78 is 5.29. The van der Waals surface area contributed by atoms with E-state index < -0.39 is 0 Å². The predicted molar refractivity (Wildman–Crippen MR) is 264 cm³/mol. The molecule has 278 valence electrons. The van der Waals surface area contributed by atoms with Crippen molar-refractivity contribution < 1.29 is 0 Å². The molecule has 0 N–H and O–H groups in total. The Kier molecular flexibility index (Phi) is 7.45. The molecule has 0 saturated heterocycles. The van der Waals surface area contributed by atoms with Crippen LogP contribution in [0.1, 0.15) is 0 Å². The van der Waals surface area contributed by atoms with Crippen LogP contribution >= 0.6 is 22.7 Å². The minimum atomic E-state index is 1.24. The number of hydrogen-bond donors (Lipinski definition) is 0. The summed E-state index contributed by atoms with van der Waals surface area (Å²) in [4.78, 5) is 0. The third kappa shape index (κ3) is 4.96. The molecule has 0 aliphatic rings. The molecule has 0 spiro atoms. The van der Waals surface area contributed by atoms with Gasteiger partial charge in [0.25, 0.3) is 0 Å². The van der Waals surface area contributed by atoms with Gasteiger partial charge in [0.1, 0.15) is 0 Å². The average molecular weight is 795 g/mol. The van der Waals surface area contributed by atoms with E-state index in [1.54, 1.807) is 0 Å². The first-order valence-electron chi connectivity index (χ1n) is 20.6. The molecule has 0 amide bonds. The Labute approximate surface area is 354 Å². The summed E-state index contributed by atoms with van der Waals surface area (Å²) in [6.07, 6.45) is 0. The molecule has 0 fully saturated rings. The molecule has 13 rings (SSSR count). The van der Waals surface area contributed by atoms with Gasteiger partial charge in [0, 0.05) is 45.9 Å². The molecule has 0 bridgehead atoms. The first-order chi connectivity index (χ1) is 29.8. The molecule has 11 aromatic carbocycles. The molecule has 13 aromatic rings. The lowest BCUT2D eigenvalue weighted by Crippen LogP contribution is -1.91. The molecular weight excluding hydrogens is 761 g/mol. The van der Waals surface area contributed by atoms with E-state index in [1.165, 1.54) is 128 Å². The van der Waals surface area contributed by atoms with Gasteiger partial charge in [0.15, 0.2) is 0 Å². The van der Waals surface area contributed by atoms with E-state index in [-0.39, 0.29) is 0 Å². The van der Waals surface area contributed by atoms with Gasteiger partial charge < -0.3 is 0 Å². The van der Waals surface area contributed by atoms with Crippen LogP contribution in [-0.4, -0.2) is 0 Å². The Bertz CT molecular complexity index is 3770. The van der Waals surface area contributed by atoms with Crippen molar-refractivity contribution in [1.29, 1.82) is 0 Å². The van der Waals surface area contributed by atoms with E-state index in [0.717, 1.165) is 0 Å². The smallest absolute Gasteiger partial charge is 0.0434 e. The molecule has 0 aliphatic heterocycles. The van der Waals surface area contributed by atoms with Gasteiger partial charge in [-0.15, -0.1) is 22.7 Å². The number of benzene rings is 11. The number of thiophene rings is 2. The lowest BCUT2D eigenvalue weighted by molar-refractivity contribution is 1.67. The van der Waals surface area contributed by atoms with Crippen molar-refractivity contribution in [1.82, 2.24) is 0 Å². The second-order valence-electron chi connectivity index (χ2n) is 15.9. The SMILES string of the molecule is c1ccc(-c2c3ccccc3c(-c3cccc4c3sc3ccc(-c5c6ccccc6c(-c6ccc7sc8ccccc8c7c6)c6ccccc56)cc34)c3ccccc23)cc1. The van der Waals surface area contributed by atoms with Crippen LogP contribution in [0.25, 0.3) is 128 Å². The maximum absolute atomic E-state index is 2.46. The molecule has 0 nitrogen and oxygen atoms in total. The number of fused-ring (bicyclic) bond motifs is 10. The number of hydrogen-bond acceptors (Lipinski definition) is 2. The summed E-state index contributed by atoms with van der Waals surface area (Å²) in [5, 5.41) is 15.5. The van der Waals surface area contributed by atoms with Gasteiger partial charge in [-0.1, -0.05) is 176 Å². The Balaban J connectivity index is 1.04. The second-order valence-corrected chi connectivity index (χ2v) is 18.0. The minimum Gasteiger partial charge on any atom is -0.135 e. The van der Waals surface area contributed by atoms with Crippen molar-refractivity contribution >= 4 is 106 Å². The van der Waals surface area contributed by atoms with Crippen molar-refractivity contribution in [2.45, 2.75) is 0 Å². The lowest BCUT2D eigenvalue weighted by Gasteiger charge is -2.18. The Morgan fingerprint density at radius 3 is 1.13 bits per heavy atom. The number of rotatable bonds is 4. The Morgan fingerprint density at radius 1 is 0.217 bits per heavy atom. The Hall–Kier alpha value is -7.10. The topological polar surface area (TPSA) is 0 Å². The van der Waals surface area contributed by atoms with Crippen LogP contribution in [0.3, 0.4) is 0 Å². The zero-order valence-corrected chi connectivity index (χ0v) is 34.1. The lowest BCUT2D eigenvalue weighted by atomic mass is 9.85. The molecule has 2 heteroatoms. The molecule has 0 aliphatic carbocycles. The fourth-order valence-corrected chi connectivity index (χ4v) is 12.4. The van der Waals surface area contributed by atoms with E-state index >= 15 is 0 Å². The van der Waals surface area contributed by atoms with Crippen molar-refractivity contribution in [2.24, 2.45) is 0 Å². The van der Waals surface area contributed by atoms with Crippen LogP contribution in [-0.2, 0) is 0 Å². The van der Waals surface area contributed by atoms with Gasteiger partial charge >= 0.3 is 0 Å². The molecule has 60 heavy (non-hydrogen) atoms. The van der Waals surface area contributed by atoms with Crippen molar-refractivity contribution in [2.75, 3.05) is 0 Å². The first kappa shape index (κ1) is 33.8. The van der Waals surface area contributed by atoms with Crippen LogP contribution in [0.4, 0.5) is 0 Å². The zero-order valence-electron chi connectivity index (χ0n) is 32.4. The van der Waals surface area contributed by atoms with Crippen LogP contribution in [0, 0.1) is 0 Å². The summed E-state index contributed by atoms with van der Waals surface area (Å²) in [5.41, 5.74) is 10.2. The van der Waals surface area contributed by atoms with Crippen molar-refractivity contribution in [3.63, 3.8) is 0 Å². The molecule has 2 aromatic heterocycles. The highest BCUT2D eigenvalue weighted by Crippen LogP contribution is 2.50. The maximum atomic E-state index is 2.46. The van der Waals surface area contributed by atoms with Gasteiger partial charge in [-0.05, 0) is 112 Å². The zero-order chi connectivity index (χ0) is 39.3. The highest BCUT2D eigenvalue weighted by Gasteiger charge is 2.21. The fraction of sp³-hybridized carbons (Fsp3) is 0. The van der Waals surface area contributed by atoms with E-state index in [0.29, 0.717) is 0 Å². The van der Waals surface area contributed by atoms with Gasteiger partial charge in [-0.3, -0.25) is 0 Å². The summed E-state index contributed by atoms with van der Waals surface area (Å²) in [6.45, 7) is 0. The molecule has 2 heterocycles. The summed E-state index contributed by atoms with van der Waals surface area (Å²) in [6, 6.07) is 76.9. The van der Waals surface area contributed by atoms with Gasteiger partial charge in [0.05, 0.1) is 0 Å². The third-order valence-corrected chi connectivity index (χ3v) is 15.0. The minimum absolute atomic E-state index is 1.24. The van der Waals surface area contributed by atoms with Gasteiger partial charge in [0.2, 0.25) is 0 Å². The standard InChI is InChI=1S/C58H34S2/c1-2-15-35(16-3-1)54-43-22-8-10-24-45(43)57(46-25-11-9-23-44(46)54)48-27-14-26-47-50-34-37(30-32-53(50)60-58(47)48)56-41-20-6-4-18-39(41)55(40-19-5-7-21-42(40)56)36-29-31-52-49(33-36)38-17-12-13-28-51(38)59-52/h1-34H. The quantitative estimate of drug-likeness (QED) is 0.156. The van der Waals surface area contributed by atoms with E-state index in [4.69, 9.17) is 0 Å². The third-order valence-electron chi connectivity index (χ3n) is 12.6. The monoisotopic (exact) mass is 794 g/mol. The average Bonchev–Trinajstić information content (AvgIpc) is 3.88. The molecule has 0 atom stereocenters. The second kappa shape index (κ2) is 13.2. The molecule has 0 saturated carbocycles. The van der Waals surface area contributed by atoms with E-state index in [2.05, 4.69) is 206 Å². The summed E-state index contributed by atoms with van der Waals surface area (Å²) >= 11 is 3.79. The van der Waals surface area contributed by atoms with Crippen LogP contribution in [0.2, 0.25) is 0 Å². The predicted octanol–water partition coefficient (Wildman–Crippen LogP) is 17.7. The normalized spacial score (nSPS) is 12.0. The highest BCUT2D eigenvalue weighted by molar-refractivity contribution is 7.26. The molecule has 0 unspecified atom stereocenters. The van der Waals surface area contributed by atoms with Crippen LogP contribution < -0.4 is 0 Å². The van der Waals surface area contributed by atoms with Crippen LogP contribution in [0.15, 0.2) is 206 Å². The highest BCUT2D eigenvalue weighted by atomic mass is 32.1. The fourth-order valence-electron chi connectivity index (χ4n) is 10.1. The van der Waals surface area contributed by atoms with Gasteiger partial charge in [-0.2, -0.15) is 0 Å². The van der Waals surface area contributed by atoms with Crippen molar-refractivity contribution in [3.05, 3.63) is 206 Å². The Morgan fingerprint density at radius 2 is 0.600 bits per heavy atom. The van der Waals surface area contributed by atoms with E-state index in [1.807, 2.05) is 22.7 Å². The van der Waals surface area contributed by atoms with Gasteiger partial charge in [-0.25, -0.2) is 0 Å². The maximum Gasteiger partial charge on any atom is 0.0434 e.